The van der Waals surface area contributed by atoms with E-state index in [0.29, 0.717) is 16.0 Å². The predicted octanol–water partition coefficient (Wildman–Crippen LogP) is 2.77. The first kappa shape index (κ1) is 13.5. The number of aromatic hydroxyl groups is 1. The third kappa shape index (κ3) is 2.06. The summed E-state index contributed by atoms with van der Waals surface area (Å²) >= 11 is 3.37. The van der Waals surface area contributed by atoms with Crippen molar-refractivity contribution >= 4 is 15.9 Å². The van der Waals surface area contributed by atoms with E-state index in [0.717, 1.165) is 24.9 Å². The standard InChI is InChI=1S/C13H18BrNO3/c1-13(5-4-6-15-13)8-7-9(17-2)12(18-3)10(14)11(8)16/h7,15-16H,4-6H2,1-3H3. The third-order valence-electron chi connectivity index (χ3n) is 3.55. The number of nitrogens with one attached hydrogen (secondary N) is 1. The summed E-state index contributed by atoms with van der Waals surface area (Å²) < 4.78 is 11.1. The summed E-state index contributed by atoms with van der Waals surface area (Å²) in [6.07, 6.45) is 2.09. The SMILES string of the molecule is COc1cc(C2(C)CCCN2)c(O)c(Br)c1OC. The van der Waals surface area contributed by atoms with Crippen LogP contribution in [0.25, 0.3) is 0 Å². The highest BCUT2D eigenvalue weighted by Crippen LogP contribution is 2.48. The van der Waals surface area contributed by atoms with Gasteiger partial charge in [0, 0.05) is 11.1 Å². The zero-order chi connectivity index (χ0) is 13.3. The molecule has 1 aliphatic heterocycles. The van der Waals surface area contributed by atoms with Gasteiger partial charge in [-0.2, -0.15) is 0 Å². The highest BCUT2D eigenvalue weighted by atomic mass is 79.9. The Bertz CT molecular complexity index is 456. The van der Waals surface area contributed by atoms with Crippen LogP contribution >= 0.6 is 15.9 Å². The average molecular weight is 316 g/mol. The van der Waals surface area contributed by atoms with Crippen molar-refractivity contribution in [3.05, 3.63) is 16.1 Å². The molecule has 0 bridgehead atoms. The van der Waals surface area contributed by atoms with Gasteiger partial charge in [0.1, 0.15) is 10.2 Å². The van der Waals surface area contributed by atoms with Crippen LogP contribution in [0, 0.1) is 0 Å². The van der Waals surface area contributed by atoms with Crippen LogP contribution in [-0.2, 0) is 5.54 Å². The molecule has 1 heterocycles. The van der Waals surface area contributed by atoms with Gasteiger partial charge in [0.2, 0.25) is 0 Å². The molecular formula is C13H18BrNO3. The number of ether oxygens (including phenoxy) is 2. The van der Waals surface area contributed by atoms with Crippen LogP contribution in [0.5, 0.6) is 17.2 Å². The summed E-state index contributed by atoms with van der Waals surface area (Å²) in [6.45, 7) is 3.05. The average Bonchev–Trinajstić information content (AvgIpc) is 2.80. The molecule has 2 rings (SSSR count). The van der Waals surface area contributed by atoms with E-state index in [1.54, 1.807) is 14.2 Å². The molecule has 1 atom stereocenters. The maximum absolute atomic E-state index is 10.3. The Kier molecular flexibility index (Phi) is 3.73. The quantitative estimate of drug-likeness (QED) is 0.900. The Hall–Kier alpha value is -0.940. The lowest BCUT2D eigenvalue weighted by atomic mass is 9.89. The minimum Gasteiger partial charge on any atom is -0.506 e. The number of methoxy groups -OCH3 is 2. The van der Waals surface area contributed by atoms with E-state index in [9.17, 15) is 5.11 Å². The Labute approximate surface area is 115 Å². The van der Waals surface area contributed by atoms with Crippen molar-refractivity contribution in [1.29, 1.82) is 0 Å². The molecular weight excluding hydrogens is 298 g/mol. The Morgan fingerprint density at radius 3 is 2.61 bits per heavy atom. The van der Waals surface area contributed by atoms with E-state index in [1.807, 2.05) is 6.07 Å². The van der Waals surface area contributed by atoms with Crippen LogP contribution in [0.4, 0.5) is 0 Å². The molecule has 1 aromatic rings. The van der Waals surface area contributed by atoms with Crippen molar-refractivity contribution in [2.45, 2.75) is 25.3 Å². The van der Waals surface area contributed by atoms with Gasteiger partial charge in [0.05, 0.1) is 14.2 Å². The lowest BCUT2D eigenvalue weighted by molar-refractivity contribution is 0.339. The smallest absolute Gasteiger partial charge is 0.178 e. The highest BCUT2D eigenvalue weighted by molar-refractivity contribution is 9.10. The second kappa shape index (κ2) is 4.97. The minimum absolute atomic E-state index is 0.213. The van der Waals surface area contributed by atoms with Crippen LogP contribution in [0.15, 0.2) is 10.5 Å². The molecule has 0 aromatic heterocycles. The van der Waals surface area contributed by atoms with E-state index in [1.165, 1.54) is 0 Å². The topological polar surface area (TPSA) is 50.7 Å². The number of phenolic OH excluding ortho intramolecular Hbond substituents is 1. The lowest BCUT2D eigenvalue weighted by Crippen LogP contribution is -2.33. The number of benzene rings is 1. The van der Waals surface area contributed by atoms with Crippen LogP contribution in [0.2, 0.25) is 0 Å². The van der Waals surface area contributed by atoms with Crippen molar-refractivity contribution in [2.24, 2.45) is 0 Å². The molecule has 1 saturated heterocycles. The van der Waals surface area contributed by atoms with E-state index >= 15 is 0 Å². The monoisotopic (exact) mass is 315 g/mol. The Morgan fingerprint density at radius 2 is 2.11 bits per heavy atom. The van der Waals surface area contributed by atoms with Gasteiger partial charge >= 0.3 is 0 Å². The fourth-order valence-corrected chi connectivity index (χ4v) is 3.06. The maximum Gasteiger partial charge on any atom is 0.178 e. The van der Waals surface area contributed by atoms with E-state index in [2.05, 4.69) is 28.2 Å². The second-order valence-electron chi connectivity index (χ2n) is 4.68. The fourth-order valence-electron chi connectivity index (χ4n) is 2.49. The van der Waals surface area contributed by atoms with Crippen LogP contribution in [0.1, 0.15) is 25.3 Å². The van der Waals surface area contributed by atoms with Gasteiger partial charge in [-0.05, 0) is 48.3 Å². The van der Waals surface area contributed by atoms with Crippen molar-refractivity contribution in [2.75, 3.05) is 20.8 Å². The van der Waals surface area contributed by atoms with Crippen LogP contribution < -0.4 is 14.8 Å². The molecule has 1 aliphatic rings. The molecule has 1 fully saturated rings. The van der Waals surface area contributed by atoms with Crippen molar-refractivity contribution in [1.82, 2.24) is 5.32 Å². The molecule has 1 aromatic carbocycles. The summed E-state index contributed by atoms with van der Waals surface area (Å²) in [6, 6.07) is 1.84. The van der Waals surface area contributed by atoms with E-state index in [-0.39, 0.29) is 11.3 Å². The molecule has 18 heavy (non-hydrogen) atoms. The first-order valence-corrected chi connectivity index (χ1v) is 6.71. The van der Waals surface area contributed by atoms with Gasteiger partial charge < -0.3 is 19.9 Å². The Balaban J connectivity index is 2.58. The summed E-state index contributed by atoms with van der Waals surface area (Å²) in [5.41, 5.74) is 0.621. The van der Waals surface area contributed by atoms with Crippen molar-refractivity contribution < 1.29 is 14.6 Å². The number of rotatable bonds is 3. The molecule has 0 aliphatic carbocycles. The summed E-state index contributed by atoms with van der Waals surface area (Å²) in [5, 5.41) is 13.8. The molecule has 0 amide bonds. The van der Waals surface area contributed by atoms with Gasteiger partial charge in [-0.3, -0.25) is 0 Å². The van der Waals surface area contributed by atoms with Gasteiger partial charge in [0.15, 0.2) is 11.5 Å². The molecule has 2 N–H and O–H groups in total. The second-order valence-corrected chi connectivity index (χ2v) is 5.48. The number of halogens is 1. The largest absolute Gasteiger partial charge is 0.506 e. The first-order valence-electron chi connectivity index (χ1n) is 5.92. The molecule has 0 radical (unpaired) electrons. The zero-order valence-electron chi connectivity index (χ0n) is 10.8. The lowest BCUT2D eigenvalue weighted by Gasteiger charge is -2.27. The summed E-state index contributed by atoms with van der Waals surface area (Å²) in [7, 11) is 3.15. The predicted molar refractivity (Wildman–Crippen MR) is 73.5 cm³/mol. The first-order chi connectivity index (χ1) is 8.53. The normalized spacial score (nSPS) is 23.1. The number of phenols is 1. The van der Waals surface area contributed by atoms with E-state index in [4.69, 9.17) is 9.47 Å². The fraction of sp³-hybridized carbons (Fsp3) is 0.538. The molecule has 0 saturated carbocycles. The van der Waals surface area contributed by atoms with Gasteiger partial charge in [-0.25, -0.2) is 0 Å². The van der Waals surface area contributed by atoms with Gasteiger partial charge in [0.25, 0.3) is 0 Å². The van der Waals surface area contributed by atoms with Gasteiger partial charge in [-0.1, -0.05) is 0 Å². The molecule has 0 spiro atoms. The molecule has 1 unspecified atom stereocenters. The number of hydrogen-bond donors (Lipinski definition) is 2. The maximum atomic E-state index is 10.3. The van der Waals surface area contributed by atoms with E-state index < -0.39 is 0 Å². The molecule has 5 heteroatoms. The molecule has 100 valence electrons. The van der Waals surface area contributed by atoms with Gasteiger partial charge in [-0.15, -0.1) is 0 Å². The highest BCUT2D eigenvalue weighted by Gasteiger charge is 2.34. The van der Waals surface area contributed by atoms with Crippen LogP contribution in [-0.4, -0.2) is 25.9 Å². The minimum atomic E-state index is -0.216. The Morgan fingerprint density at radius 1 is 1.39 bits per heavy atom. The molecule has 4 nitrogen and oxygen atoms in total. The van der Waals surface area contributed by atoms with Crippen molar-refractivity contribution in [3.63, 3.8) is 0 Å². The zero-order valence-corrected chi connectivity index (χ0v) is 12.4. The third-order valence-corrected chi connectivity index (χ3v) is 4.28. The summed E-state index contributed by atoms with van der Waals surface area (Å²) in [4.78, 5) is 0. The number of hydrogen-bond acceptors (Lipinski definition) is 4. The van der Waals surface area contributed by atoms with Crippen molar-refractivity contribution in [3.8, 4) is 17.2 Å². The van der Waals surface area contributed by atoms with Crippen LogP contribution in [0.3, 0.4) is 0 Å². The summed E-state index contributed by atoms with van der Waals surface area (Å²) in [5.74, 6) is 1.34.